The van der Waals surface area contributed by atoms with Gasteiger partial charge in [0.05, 0.1) is 8.32 Å². The number of aryl methyl sites for hydroxylation is 3. The van der Waals surface area contributed by atoms with Gasteiger partial charge in [-0.2, -0.15) is 0 Å². The van der Waals surface area contributed by atoms with Gasteiger partial charge in [0.2, 0.25) is 0 Å². The Morgan fingerprint density at radius 1 is 0.536 bits per heavy atom. The molecule has 0 radical (unpaired) electrons. The van der Waals surface area contributed by atoms with E-state index in [0.717, 1.165) is 32.3 Å². The van der Waals surface area contributed by atoms with Crippen molar-refractivity contribution in [1.29, 1.82) is 0 Å². The fraction of sp³-hybridized carbons (Fsp3) is 0.250. The molecule has 0 heterocycles. The van der Waals surface area contributed by atoms with E-state index in [1.807, 2.05) is 18.2 Å². The van der Waals surface area contributed by atoms with Crippen molar-refractivity contribution in [3.05, 3.63) is 88.0 Å². The van der Waals surface area contributed by atoms with E-state index in [4.69, 9.17) is 0 Å². The molecule has 0 N–H and O–H groups in total. The minimum absolute atomic E-state index is 0. The molecule has 0 atom stereocenters. The van der Waals surface area contributed by atoms with Crippen LogP contribution in [0.5, 0.6) is 0 Å². The topological polar surface area (TPSA) is 23.1 Å². The molecular formula is C24H27BrMgOSi. The molecule has 0 aromatic heterocycles. The molecule has 0 saturated carbocycles. The summed E-state index contributed by atoms with van der Waals surface area (Å²) in [7, 11) is -3.36. The van der Waals surface area contributed by atoms with Crippen LogP contribution < -0.4 is 37.3 Å². The van der Waals surface area contributed by atoms with Gasteiger partial charge in [-0.25, -0.2) is 0 Å². The summed E-state index contributed by atoms with van der Waals surface area (Å²) in [6.45, 7) is 12.6. The van der Waals surface area contributed by atoms with Gasteiger partial charge in [0, 0.05) is 0 Å². The van der Waals surface area contributed by atoms with Crippen molar-refractivity contribution >= 4 is 46.9 Å². The maximum absolute atomic E-state index is 15.0. The Hall–Kier alpha value is -0.917. The summed E-state index contributed by atoms with van der Waals surface area (Å²) in [5.74, 6) is 0. The number of rotatable bonds is 3. The fourth-order valence-electron chi connectivity index (χ4n) is 3.83. The molecule has 3 rings (SSSR count). The molecule has 0 unspecified atom stereocenters. The van der Waals surface area contributed by atoms with E-state index in [1.54, 1.807) is 0 Å². The van der Waals surface area contributed by atoms with Gasteiger partial charge in [-0.15, -0.1) is 0 Å². The maximum atomic E-state index is 15.0. The van der Waals surface area contributed by atoms with Crippen LogP contribution >= 0.6 is 0 Å². The molecule has 0 fully saturated rings. The van der Waals surface area contributed by atoms with Crippen molar-refractivity contribution in [3.63, 3.8) is 0 Å². The van der Waals surface area contributed by atoms with Gasteiger partial charge in [-0.3, -0.25) is 0 Å². The molecule has 0 amide bonds. The van der Waals surface area contributed by atoms with Crippen molar-refractivity contribution in [2.24, 2.45) is 0 Å². The first-order chi connectivity index (χ1) is 12.3. The van der Waals surface area contributed by atoms with Gasteiger partial charge in [-0.05, 0) is 74.9 Å². The van der Waals surface area contributed by atoms with Crippen molar-refractivity contribution in [3.8, 4) is 0 Å². The molecule has 1 nitrogen and oxygen atoms in total. The van der Waals surface area contributed by atoms with Crippen molar-refractivity contribution < 1.29 is 21.8 Å². The monoisotopic (exact) mass is 462 g/mol. The zero-order valence-corrected chi connectivity index (χ0v) is 21.7. The van der Waals surface area contributed by atoms with E-state index >= 15 is 0 Å². The van der Waals surface area contributed by atoms with Gasteiger partial charge < -0.3 is 21.8 Å². The smallest absolute Gasteiger partial charge is 1.00 e. The molecule has 0 saturated heterocycles. The molecular weight excluding hydrogens is 437 g/mol. The van der Waals surface area contributed by atoms with Crippen molar-refractivity contribution in [2.75, 3.05) is 0 Å². The zero-order valence-electron chi connectivity index (χ0n) is 17.7. The molecule has 0 bridgehead atoms. The predicted molar refractivity (Wildman–Crippen MR) is 118 cm³/mol. The van der Waals surface area contributed by atoms with E-state index in [1.165, 1.54) is 16.7 Å². The summed E-state index contributed by atoms with van der Waals surface area (Å²) < 4.78 is 0. The largest absolute Gasteiger partial charge is 2.00 e. The third-order valence-electron chi connectivity index (χ3n) is 5.95. The first-order valence-corrected chi connectivity index (χ1v) is 11.1. The van der Waals surface area contributed by atoms with Crippen molar-refractivity contribution in [2.45, 2.75) is 41.5 Å². The SMILES string of the molecule is Cc1cccc([Si]([O-])(c2cccc(C)c2C)c2cccc(C)c2C)c1C.[Br-].[Mg+2]. The molecule has 4 heteroatoms. The first-order valence-electron chi connectivity index (χ1n) is 9.19. The van der Waals surface area contributed by atoms with Crippen LogP contribution in [-0.4, -0.2) is 31.4 Å². The van der Waals surface area contributed by atoms with Gasteiger partial charge in [-0.1, -0.05) is 70.2 Å². The van der Waals surface area contributed by atoms with Crippen LogP contribution in [0.2, 0.25) is 0 Å². The summed E-state index contributed by atoms with van der Waals surface area (Å²) in [6.07, 6.45) is 0. The van der Waals surface area contributed by atoms with E-state index in [9.17, 15) is 4.80 Å². The molecule has 3 aromatic rings. The summed E-state index contributed by atoms with van der Waals surface area (Å²) in [6, 6.07) is 18.6. The third-order valence-corrected chi connectivity index (χ3v) is 9.85. The zero-order chi connectivity index (χ0) is 19.1. The first kappa shape index (κ1) is 25.1. The molecule has 0 aliphatic heterocycles. The van der Waals surface area contributed by atoms with Crippen LogP contribution in [0.4, 0.5) is 0 Å². The Kier molecular flexibility index (Phi) is 8.72. The number of halogens is 1. The second kappa shape index (κ2) is 9.72. The standard InChI is InChI=1S/C24H27OSi.BrH.Mg/c1-16-10-7-13-22(19(16)4)26(25,23-14-8-11-17(2)20(23)5)24-15-9-12-18(3)21(24)6;;/h7-15H,1-6H3;1H;/q-1;;+2/p-1. The Balaban J connectivity index is 0.00000196. The van der Waals surface area contributed by atoms with E-state index in [-0.39, 0.29) is 40.0 Å². The Labute approximate surface area is 197 Å². The van der Waals surface area contributed by atoms with E-state index < -0.39 is 8.32 Å². The number of hydrogen-bond acceptors (Lipinski definition) is 1. The minimum atomic E-state index is -3.36. The summed E-state index contributed by atoms with van der Waals surface area (Å²) in [4.78, 5) is 15.0. The fourth-order valence-corrected chi connectivity index (χ4v) is 7.87. The molecule has 142 valence electrons. The van der Waals surface area contributed by atoms with Crippen LogP contribution in [0.25, 0.3) is 0 Å². The average molecular weight is 464 g/mol. The molecule has 0 aliphatic rings. The van der Waals surface area contributed by atoms with Crippen molar-refractivity contribution in [1.82, 2.24) is 0 Å². The molecule has 0 aliphatic carbocycles. The second-order valence-electron chi connectivity index (χ2n) is 7.42. The Morgan fingerprint density at radius 3 is 1.04 bits per heavy atom. The van der Waals surface area contributed by atoms with Gasteiger partial charge in [0.15, 0.2) is 0 Å². The number of hydrogen-bond donors (Lipinski definition) is 0. The van der Waals surface area contributed by atoms with Crippen LogP contribution in [0, 0.1) is 41.5 Å². The van der Waals surface area contributed by atoms with E-state index in [0.29, 0.717) is 0 Å². The number of benzene rings is 3. The summed E-state index contributed by atoms with van der Waals surface area (Å²) >= 11 is 0. The minimum Gasteiger partial charge on any atom is -1.00 e. The quantitative estimate of drug-likeness (QED) is 0.379. The normalized spacial score (nSPS) is 10.8. The Bertz CT molecular complexity index is 859. The van der Waals surface area contributed by atoms with E-state index in [2.05, 4.69) is 77.9 Å². The molecule has 28 heavy (non-hydrogen) atoms. The van der Waals surface area contributed by atoms with Crippen LogP contribution in [0.1, 0.15) is 33.4 Å². The summed E-state index contributed by atoms with van der Waals surface area (Å²) in [5, 5.41) is 2.96. The van der Waals surface area contributed by atoms with Crippen LogP contribution in [0.3, 0.4) is 0 Å². The van der Waals surface area contributed by atoms with Crippen LogP contribution in [0.15, 0.2) is 54.6 Å². The maximum Gasteiger partial charge on any atom is 2.00 e. The second-order valence-corrected chi connectivity index (χ2v) is 10.4. The van der Waals surface area contributed by atoms with Gasteiger partial charge >= 0.3 is 23.1 Å². The molecule has 3 aromatic carbocycles. The van der Waals surface area contributed by atoms with Gasteiger partial charge in [0.1, 0.15) is 0 Å². The molecule has 0 spiro atoms. The van der Waals surface area contributed by atoms with Gasteiger partial charge in [0.25, 0.3) is 0 Å². The average Bonchev–Trinajstić information content (AvgIpc) is 2.61. The summed E-state index contributed by atoms with van der Waals surface area (Å²) in [5.41, 5.74) is 6.96. The Morgan fingerprint density at radius 2 is 0.786 bits per heavy atom. The van der Waals surface area contributed by atoms with Crippen LogP contribution in [-0.2, 0) is 0 Å². The third kappa shape index (κ3) is 4.17. The predicted octanol–water partition coefficient (Wildman–Crippen LogP) is -0.512.